The molecule has 1 aromatic heterocycles. The van der Waals surface area contributed by atoms with Crippen LogP contribution >= 0.6 is 0 Å². The number of hydrogen-bond donors (Lipinski definition) is 1. The van der Waals surface area contributed by atoms with Gasteiger partial charge in [-0.3, -0.25) is 4.68 Å². The minimum Gasteiger partial charge on any atom is -0.497 e. The van der Waals surface area contributed by atoms with Crippen molar-refractivity contribution < 1.29 is 23.0 Å². The fraction of sp³-hybridized carbons (Fsp3) is 0.261. The molecule has 1 unspecified atom stereocenters. The molecule has 0 aliphatic carbocycles. The molecule has 0 saturated heterocycles. The third-order valence-corrected chi connectivity index (χ3v) is 6.71. The molecule has 0 fully saturated rings. The van der Waals surface area contributed by atoms with Gasteiger partial charge in [0.2, 0.25) is 0 Å². The van der Waals surface area contributed by atoms with E-state index >= 15 is 0 Å². The van der Waals surface area contributed by atoms with E-state index in [9.17, 15) is 13.5 Å². The molecular formula is C23H27N3O5S. The van der Waals surface area contributed by atoms with Crippen molar-refractivity contribution in [3.8, 4) is 11.5 Å². The number of nitrogens with zero attached hydrogens (tertiary/aromatic N) is 3. The predicted octanol–water partition coefficient (Wildman–Crippen LogP) is 3.01. The van der Waals surface area contributed by atoms with Gasteiger partial charge in [0.05, 0.1) is 26.9 Å². The molecule has 170 valence electrons. The van der Waals surface area contributed by atoms with Crippen molar-refractivity contribution in [1.82, 2.24) is 14.1 Å². The summed E-state index contributed by atoms with van der Waals surface area (Å²) in [5.41, 5.74) is 1.61. The number of aromatic nitrogens is 2. The average molecular weight is 458 g/mol. The molecule has 2 aromatic carbocycles. The summed E-state index contributed by atoms with van der Waals surface area (Å²) >= 11 is 0. The van der Waals surface area contributed by atoms with Gasteiger partial charge < -0.3 is 14.6 Å². The molecular weight excluding hydrogens is 430 g/mol. The highest BCUT2D eigenvalue weighted by atomic mass is 32.2. The molecule has 1 atom stereocenters. The molecule has 1 N–H and O–H groups in total. The number of aliphatic hydroxyl groups is 1. The van der Waals surface area contributed by atoms with Crippen LogP contribution in [0.25, 0.3) is 0 Å². The first kappa shape index (κ1) is 23.5. The SMILES string of the molecule is C=CC(CO)n1ccc(S(=O)(=O)N(Cc2ccc(OC)cc2)Cc2ccc(OC)cc2)n1. The van der Waals surface area contributed by atoms with Gasteiger partial charge in [0, 0.05) is 19.3 Å². The zero-order valence-electron chi connectivity index (χ0n) is 18.1. The lowest BCUT2D eigenvalue weighted by Crippen LogP contribution is -2.31. The summed E-state index contributed by atoms with van der Waals surface area (Å²) in [7, 11) is -0.779. The Kier molecular flexibility index (Phi) is 7.68. The number of aliphatic hydroxyl groups excluding tert-OH is 1. The van der Waals surface area contributed by atoms with Crippen LogP contribution in [0.5, 0.6) is 11.5 Å². The van der Waals surface area contributed by atoms with Crippen LogP contribution in [0.15, 0.2) is 78.5 Å². The van der Waals surface area contributed by atoms with Crippen LogP contribution in [-0.2, 0) is 23.1 Å². The Hall–Kier alpha value is -3.14. The third kappa shape index (κ3) is 5.37. The van der Waals surface area contributed by atoms with Crippen molar-refractivity contribution in [3.63, 3.8) is 0 Å². The van der Waals surface area contributed by atoms with Crippen molar-refractivity contribution in [1.29, 1.82) is 0 Å². The zero-order valence-corrected chi connectivity index (χ0v) is 18.9. The average Bonchev–Trinajstić information content (AvgIpc) is 3.31. The van der Waals surface area contributed by atoms with E-state index in [4.69, 9.17) is 9.47 Å². The van der Waals surface area contributed by atoms with E-state index in [-0.39, 0.29) is 24.7 Å². The van der Waals surface area contributed by atoms with Crippen molar-refractivity contribution in [3.05, 3.63) is 84.6 Å². The summed E-state index contributed by atoms with van der Waals surface area (Å²) in [5, 5.41) is 13.6. The van der Waals surface area contributed by atoms with Gasteiger partial charge in [-0.2, -0.15) is 9.40 Å². The second-order valence-corrected chi connectivity index (χ2v) is 8.97. The third-order valence-electron chi connectivity index (χ3n) is 5.02. The van der Waals surface area contributed by atoms with Crippen molar-refractivity contribution in [2.45, 2.75) is 24.2 Å². The molecule has 3 aromatic rings. The quantitative estimate of drug-likeness (QED) is 0.445. The largest absolute Gasteiger partial charge is 0.497 e. The summed E-state index contributed by atoms with van der Waals surface area (Å²) in [6, 6.07) is 15.4. The van der Waals surface area contributed by atoms with E-state index in [1.165, 1.54) is 27.3 Å². The minimum absolute atomic E-state index is 0.0974. The summed E-state index contributed by atoms with van der Waals surface area (Å²) in [6.07, 6.45) is 3.03. The molecule has 0 radical (unpaired) electrons. The van der Waals surface area contributed by atoms with Gasteiger partial charge in [0.25, 0.3) is 10.0 Å². The number of rotatable bonds is 11. The normalized spacial score (nSPS) is 12.5. The molecule has 32 heavy (non-hydrogen) atoms. The maximum absolute atomic E-state index is 13.5. The molecule has 1 heterocycles. The molecule has 9 heteroatoms. The lowest BCUT2D eigenvalue weighted by Gasteiger charge is -2.22. The monoisotopic (exact) mass is 457 g/mol. The van der Waals surface area contributed by atoms with Gasteiger partial charge in [-0.25, -0.2) is 8.42 Å². The Balaban J connectivity index is 1.94. The highest BCUT2D eigenvalue weighted by Gasteiger charge is 2.28. The Morgan fingerprint density at radius 2 is 1.50 bits per heavy atom. The fourth-order valence-corrected chi connectivity index (χ4v) is 4.47. The van der Waals surface area contributed by atoms with Gasteiger partial charge in [-0.05, 0) is 41.5 Å². The topological polar surface area (TPSA) is 93.9 Å². The van der Waals surface area contributed by atoms with E-state index in [1.807, 2.05) is 24.3 Å². The van der Waals surface area contributed by atoms with Gasteiger partial charge in [0.1, 0.15) is 11.5 Å². The first-order chi connectivity index (χ1) is 15.4. The fourth-order valence-electron chi connectivity index (χ4n) is 3.14. The van der Waals surface area contributed by atoms with Crippen LogP contribution < -0.4 is 9.47 Å². The number of methoxy groups -OCH3 is 2. The summed E-state index contributed by atoms with van der Waals surface area (Å²) in [6.45, 7) is 3.72. The van der Waals surface area contributed by atoms with Gasteiger partial charge >= 0.3 is 0 Å². The van der Waals surface area contributed by atoms with Gasteiger partial charge in [-0.15, -0.1) is 6.58 Å². The summed E-state index contributed by atoms with van der Waals surface area (Å²) in [4.78, 5) is 0. The number of sulfonamides is 1. The number of ether oxygens (including phenoxy) is 2. The zero-order chi connectivity index (χ0) is 23.1. The molecule has 0 amide bonds. The number of benzene rings is 2. The van der Waals surface area contributed by atoms with Crippen molar-refractivity contribution in [2.75, 3.05) is 20.8 Å². The maximum Gasteiger partial charge on any atom is 0.262 e. The highest BCUT2D eigenvalue weighted by molar-refractivity contribution is 7.89. The second-order valence-electron chi connectivity index (χ2n) is 7.09. The van der Waals surface area contributed by atoms with Crippen LogP contribution in [0.1, 0.15) is 17.2 Å². The summed E-state index contributed by atoms with van der Waals surface area (Å²) in [5.74, 6) is 1.38. The van der Waals surface area contributed by atoms with Crippen molar-refractivity contribution in [2.24, 2.45) is 0 Å². The van der Waals surface area contributed by atoms with Gasteiger partial charge in [0.15, 0.2) is 5.03 Å². The Morgan fingerprint density at radius 3 is 1.91 bits per heavy atom. The molecule has 0 saturated carbocycles. The Bertz CT molecular complexity index is 1080. The minimum atomic E-state index is -3.93. The van der Waals surface area contributed by atoms with E-state index in [2.05, 4.69) is 11.7 Å². The second kappa shape index (κ2) is 10.4. The lowest BCUT2D eigenvalue weighted by molar-refractivity contribution is 0.244. The smallest absolute Gasteiger partial charge is 0.262 e. The van der Waals surface area contributed by atoms with Crippen LogP contribution in [0, 0.1) is 0 Å². The molecule has 0 spiro atoms. The molecule has 0 aliphatic rings. The van der Waals surface area contributed by atoms with E-state index < -0.39 is 16.1 Å². The van der Waals surface area contributed by atoms with E-state index in [0.29, 0.717) is 11.5 Å². The Labute approximate surface area is 188 Å². The van der Waals surface area contributed by atoms with Gasteiger partial charge in [-0.1, -0.05) is 30.3 Å². The predicted molar refractivity (Wildman–Crippen MR) is 121 cm³/mol. The summed E-state index contributed by atoms with van der Waals surface area (Å²) < 4.78 is 40.2. The van der Waals surface area contributed by atoms with E-state index in [0.717, 1.165) is 11.1 Å². The number of hydrogen-bond acceptors (Lipinski definition) is 6. The molecule has 0 bridgehead atoms. The Morgan fingerprint density at radius 1 is 1.00 bits per heavy atom. The first-order valence-corrected chi connectivity index (χ1v) is 11.4. The lowest BCUT2D eigenvalue weighted by atomic mass is 10.2. The van der Waals surface area contributed by atoms with Crippen LogP contribution in [0.3, 0.4) is 0 Å². The van der Waals surface area contributed by atoms with Crippen LogP contribution in [0.4, 0.5) is 0 Å². The molecule has 8 nitrogen and oxygen atoms in total. The molecule has 3 rings (SSSR count). The standard InChI is InChI=1S/C23H27N3O5S/c1-4-20(17-27)26-14-13-23(24-26)32(28,29)25(15-18-5-9-21(30-2)10-6-18)16-19-7-11-22(31-3)12-8-19/h4-14,20,27H,1,15-17H2,2-3H3. The van der Waals surface area contributed by atoms with Crippen molar-refractivity contribution >= 4 is 10.0 Å². The van der Waals surface area contributed by atoms with E-state index in [1.54, 1.807) is 38.5 Å². The van der Waals surface area contributed by atoms with Crippen LogP contribution in [-0.4, -0.2) is 48.4 Å². The van der Waals surface area contributed by atoms with Crippen LogP contribution in [0.2, 0.25) is 0 Å². The first-order valence-electron chi connectivity index (χ1n) is 9.96. The molecule has 0 aliphatic heterocycles. The highest BCUT2D eigenvalue weighted by Crippen LogP contribution is 2.23. The maximum atomic E-state index is 13.5.